The van der Waals surface area contributed by atoms with Gasteiger partial charge in [0.2, 0.25) is 5.95 Å². The van der Waals surface area contributed by atoms with Crippen LogP contribution in [0.4, 0.5) is 11.8 Å². The van der Waals surface area contributed by atoms with E-state index < -0.39 is 0 Å². The van der Waals surface area contributed by atoms with Crippen molar-refractivity contribution in [3.8, 4) is 0 Å². The lowest BCUT2D eigenvalue weighted by molar-refractivity contribution is 0.518. The maximum absolute atomic E-state index is 5.28. The summed E-state index contributed by atoms with van der Waals surface area (Å²) in [6, 6.07) is 5.85. The van der Waals surface area contributed by atoms with Gasteiger partial charge in [0, 0.05) is 19.0 Å². The fraction of sp³-hybridized carbons (Fsp3) is 0.385. The third-order valence-electron chi connectivity index (χ3n) is 2.99. The number of aromatic nitrogens is 2. The first-order valence-corrected chi connectivity index (χ1v) is 6.18. The highest BCUT2D eigenvalue weighted by Crippen LogP contribution is 2.39. The third-order valence-corrected chi connectivity index (χ3v) is 2.99. The Bertz CT molecular complexity index is 520. The molecule has 94 valence electrons. The summed E-state index contributed by atoms with van der Waals surface area (Å²) >= 11 is 0. The summed E-state index contributed by atoms with van der Waals surface area (Å²) in [4.78, 5) is 8.86. The van der Waals surface area contributed by atoms with Crippen LogP contribution in [0.3, 0.4) is 0 Å². The Morgan fingerprint density at radius 2 is 2.28 bits per heavy atom. The molecule has 2 heterocycles. The van der Waals surface area contributed by atoms with Crippen molar-refractivity contribution < 1.29 is 4.42 Å². The Kier molecular flexibility index (Phi) is 2.88. The molecule has 0 aromatic carbocycles. The Morgan fingerprint density at radius 1 is 1.39 bits per heavy atom. The molecular formula is C13H16N4O. The van der Waals surface area contributed by atoms with Crippen LogP contribution in [0.15, 0.2) is 28.9 Å². The molecule has 1 saturated carbocycles. The maximum Gasteiger partial charge on any atom is 0.224 e. The molecule has 1 aliphatic carbocycles. The Labute approximate surface area is 106 Å². The molecule has 0 unspecified atom stereocenters. The topological polar surface area (TPSA) is 63.0 Å². The van der Waals surface area contributed by atoms with Crippen molar-refractivity contribution in [3.05, 3.63) is 35.9 Å². The molecule has 2 N–H and O–H groups in total. The van der Waals surface area contributed by atoms with Crippen LogP contribution >= 0.6 is 0 Å². The monoisotopic (exact) mass is 244 g/mol. The van der Waals surface area contributed by atoms with Gasteiger partial charge in [-0.15, -0.1) is 0 Å². The number of nitrogens with one attached hydrogen (secondary N) is 2. The molecule has 0 radical (unpaired) electrons. The molecule has 2 aromatic rings. The van der Waals surface area contributed by atoms with E-state index in [2.05, 4.69) is 20.6 Å². The summed E-state index contributed by atoms with van der Waals surface area (Å²) in [6.45, 7) is 0.636. The average molecular weight is 244 g/mol. The van der Waals surface area contributed by atoms with Crippen LogP contribution in [0.5, 0.6) is 0 Å². The number of furan rings is 1. The number of rotatable bonds is 5. The van der Waals surface area contributed by atoms with E-state index in [4.69, 9.17) is 4.42 Å². The minimum atomic E-state index is 0.615. The molecule has 0 atom stereocenters. The molecule has 2 aromatic heterocycles. The van der Waals surface area contributed by atoms with E-state index in [1.807, 2.05) is 25.2 Å². The normalized spacial score (nSPS) is 14.5. The van der Waals surface area contributed by atoms with E-state index in [0.717, 1.165) is 17.3 Å². The standard InChI is InChI=1S/C13H16N4O/c1-14-13-16-11(9-4-5-9)7-12(17-13)15-8-10-3-2-6-18-10/h2-3,6-7,9H,4-5,8H2,1H3,(H2,14,15,16,17). The molecule has 1 fully saturated rings. The largest absolute Gasteiger partial charge is 0.467 e. The second-order valence-corrected chi connectivity index (χ2v) is 4.46. The van der Waals surface area contributed by atoms with Gasteiger partial charge in [0.1, 0.15) is 11.6 Å². The van der Waals surface area contributed by atoms with Crippen molar-refractivity contribution in [2.75, 3.05) is 17.7 Å². The minimum absolute atomic E-state index is 0.615. The molecule has 0 saturated heterocycles. The van der Waals surface area contributed by atoms with Crippen molar-refractivity contribution >= 4 is 11.8 Å². The first-order valence-electron chi connectivity index (χ1n) is 6.18. The van der Waals surface area contributed by atoms with Gasteiger partial charge in [0.25, 0.3) is 0 Å². The van der Waals surface area contributed by atoms with Crippen LogP contribution in [0.25, 0.3) is 0 Å². The highest BCUT2D eigenvalue weighted by Gasteiger charge is 2.26. The third kappa shape index (κ3) is 2.45. The van der Waals surface area contributed by atoms with Crippen LogP contribution in [-0.4, -0.2) is 17.0 Å². The van der Waals surface area contributed by atoms with Gasteiger partial charge in [0.15, 0.2) is 0 Å². The summed E-state index contributed by atoms with van der Waals surface area (Å²) in [5, 5.41) is 6.26. The van der Waals surface area contributed by atoms with E-state index in [-0.39, 0.29) is 0 Å². The van der Waals surface area contributed by atoms with Crippen LogP contribution in [0, 0.1) is 0 Å². The summed E-state index contributed by atoms with van der Waals surface area (Å²) in [5.41, 5.74) is 1.12. The molecule has 0 amide bonds. The van der Waals surface area contributed by atoms with Crippen molar-refractivity contribution in [3.63, 3.8) is 0 Å². The highest BCUT2D eigenvalue weighted by atomic mass is 16.3. The van der Waals surface area contributed by atoms with Gasteiger partial charge in [-0.05, 0) is 25.0 Å². The lowest BCUT2D eigenvalue weighted by Gasteiger charge is -2.08. The fourth-order valence-electron chi connectivity index (χ4n) is 1.85. The first kappa shape index (κ1) is 11.1. The zero-order valence-corrected chi connectivity index (χ0v) is 10.3. The van der Waals surface area contributed by atoms with E-state index in [9.17, 15) is 0 Å². The second-order valence-electron chi connectivity index (χ2n) is 4.46. The molecule has 0 aliphatic heterocycles. The van der Waals surface area contributed by atoms with E-state index in [1.54, 1.807) is 6.26 Å². The summed E-state index contributed by atoms with van der Waals surface area (Å²) < 4.78 is 5.28. The Balaban J connectivity index is 1.75. The number of hydrogen-bond donors (Lipinski definition) is 2. The number of anilines is 2. The van der Waals surface area contributed by atoms with Gasteiger partial charge in [-0.1, -0.05) is 0 Å². The fourth-order valence-corrected chi connectivity index (χ4v) is 1.85. The molecule has 5 nitrogen and oxygen atoms in total. The SMILES string of the molecule is CNc1nc(NCc2ccco2)cc(C2CC2)n1. The predicted molar refractivity (Wildman–Crippen MR) is 69.6 cm³/mol. The average Bonchev–Trinajstić information content (AvgIpc) is 3.13. The molecular weight excluding hydrogens is 228 g/mol. The van der Waals surface area contributed by atoms with Gasteiger partial charge in [-0.2, -0.15) is 4.98 Å². The van der Waals surface area contributed by atoms with Gasteiger partial charge < -0.3 is 15.1 Å². The highest BCUT2D eigenvalue weighted by molar-refractivity contribution is 5.43. The van der Waals surface area contributed by atoms with Crippen LogP contribution in [-0.2, 0) is 6.54 Å². The van der Waals surface area contributed by atoms with E-state index in [0.29, 0.717) is 18.4 Å². The van der Waals surface area contributed by atoms with Crippen LogP contribution < -0.4 is 10.6 Å². The molecule has 18 heavy (non-hydrogen) atoms. The van der Waals surface area contributed by atoms with Gasteiger partial charge in [-0.3, -0.25) is 0 Å². The lowest BCUT2D eigenvalue weighted by Crippen LogP contribution is -2.05. The summed E-state index contributed by atoms with van der Waals surface area (Å²) in [6.07, 6.45) is 4.14. The molecule has 3 rings (SSSR count). The van der Waals surface area contributed by atoms with E-state index >= 15 is 0 Å². The number of hydrogen-bond acceptors (Lipinski definition) is 5. The quantitative estimate of drug-likeness (QED) is 0.846. The molecule has 1 aliphatic rings. The second kappa shape index (κ2) is 4.68. The van der Waals surface area contributed by atoms with Gasteiger partial charge in [-0.25, -0.2) is 4.98 Å². The molecule has 0 bridgehead atoms. The van der Waals surface area contributed by atoms with Crippen LogP contribution in [0.2, 0.25) is 0 Å². The minimum Gasteiger partial charge on any atom is -0.467 e. The van der Waals surface area contributed by atoms with Gasteiger partial charge >= 0.3 is 0 Å². The van der Waals surface area contributed by atoms with Gasteiger partial charge in [0.05, 0.1) is 18.5 Å². The first-order chi connectivity index (χ1) is 8.85. The summed E-state index contributed by atoms with van der Waals surface area (Å²) in [7, 11) is 1.84. The van der Waals surface area contributed by atoms with Crippen molar-refractivity contribution in [1.29, 1.82) is 0 Å². The predicted octanol–water partition coefficient (Wildman–Crippen LogP) is 2.60. The van der Waals surface area contributed by atoms with Crippen LogP contribution in [0.1, 0.15) is 30.2 Å². The van der Waals surface area contributed by atoms with Crippen molar-refractivity contribution in [2.45, 2.75) is 25.3 Å². The Morgan fingerprint density at radius 3 is 2.94 bits per heavy atom. The van der Waals surface area contributed by atoms with E-state index in [1.165, 1.54) is 12.8 Å². The smallest absolute Gasteiger partial charge is 0.224 e. The molecule has 0 spiro atoms. The van der Waals surface area contributed by atoms with Crippen molar-refractivity contribution in [1.82, 2.24) is 9.97 Å². The summed E-state index contributed by atoms with van der Waals surface area (Å²) in [5.74, 6) is 3.02. The lowest BCUT2D eigenvalue weighted by atomic mass is 10.3. The van der Waals surface area contributed by atoms with Crippen molar-refractivity contribution in [2.24, 2.45) is 0 Å². The number of nitrogens with zero attached hydrogens (tertiary/aromatic N) is 2. The molecule has 5 heteroatoms. The zero-order valence-electron chi connectivity index (χ0n) is 10.3. The maximum atomic E-state index is 5.28. The Hall–Kier alpha value is -2.04. The zero-order chi connectivity index (χ0) is 12.4.